The summed E-state index contributed by atoms with van der Waals surface area (Å²) in [6.45, 7) is -0.380. The van der Waals surface area contributed by atoms with E-state index in [1.165, 1.54) is 11.8 Å². The zero-order valence-corrected chi connectivity index (χ0v) is 18.8. The zero-order valence-electron chi connectivity index (χ0n) is 17.9. The molecule has 5 N–H and O–H groups in total. The third-order valence-electron chi connectivity index (χ3n) is 4.42. The SMILES string of the molecule is N[C@@H](CCC(=O)O)C(=O)N[C@@H](CSCc1ccccc1)C(=O)NCC(=O)Oc1ccccc1. The van der Waals surface area contributed by atoms with Gasteiger partial charge in [-0.15, -0.1) is 0 Å². The van der Waals surface area contributed by atoms with Crippen molar-refractivity contribution in [3.05, 3.63) is 66.2 Å². The Morgan fingerprint density at radius 3 is 2.24 bits per heavy atom. The highest BCUT2D eigenvalue weighted by Gasteiger charge is 2.24. The quantitative estimate of drug-likeness (QED) is 0.251. The number of carbonyl (C=O) groups is 4. The first-order chi connectivity index (χ1) is 15.8. The number of hydrogen-bond acceptors (Lipinski definition) is 7. The van der Waals surface area contributed by atoms with Crippen molar-refractivity contribution in [1.82, 2.24) is 10.6 Å². The Hall–Kier alpha value is -3.37. The summed E-state index contributed by atoms with van der Waals surface area (Å²) in [6.07, 6.45) is -0.324. The molecular formula is C23H27N3O6S. The molecule has 0 saturated heterocycles. The molecule has 0 aromatic heterocycles. The van der Waals surface area contributed by atoms with E-state index in [1.54, 1.807) is 30.3 Å². The number of benzene rings is 2. The summed E-state index contributed by atoms with van der Waals surface area (Å²) in [5.74, 6) is -1.74. The molecular weight excluding hydrogens is 446 g/mol. The fourth-order valence-corrected chi connectivity index (χ4v) is 3.70. The smallest absolute Gasteiger partial charge is 0.330 e. The van der Waals surface area contributed by atoms with Crippen LogP contribution in [0.1, 0.15) is 18.4 Å². The highest BCUT2D eigenvalue weighted by molar-refractivity contribution is 7.98. The van der Waals surface area contributed by atoms with E-state index in [9.17, 15) is 19.2 Å². The number of ether oxygens (including phenoxy) is 1. The van der Waals surface area contributed by atoms with Crippen LogP contribution in [-0.4, -0.2) is 53.2 Å². The van der Waals surface area contributed by atoms with Gasteiger partial charge in [-0.25, -0.2) is 4.79 Å². The molecule has 2 aromatic rings. The number of nitrogens with two attached hydrogens (primary N) is 1. The molecule has 10 heteroatoms. The van der Waals surface area contributed by atoms with E-state index in [2.05, 4.69) is 10.6 Å². The van der Waals surface area contributed by atoms with Gasteiger partial charge in [0.15, 0.2) is 0 Å². The maximum Gasteiger partial charge on any atom is 0.330 e. The first kappa shape index (κ1) is 25.9. The number of hydrogen-bond donors (Lipinski definition) is 4. The van der Waals surface area contributed by atoms with Crippen molar-refractivity contribution in [2.24, 2.45) is 5.73 Å². The van der Waals surface area contributed by atoms with Crippen LogP contribution in [0.3, 0.4) is 0 Å². The maximum absolute atomic E-state index is 12.7. The number of aliphatic carboxylic acids is 1. The molecule has 0 unspecified atom stereocenters. The Labute approximate surface area is 196 Å². The Bertz CT molecular complexity index is 926. The van der Waals surface area contributed by atoms with Gasteiger partial charge in [-0.2, -0.15) is 11.8 Å². The first-order valence-corrected chi connectivity index (χ1v) is 11.4. The summed E-state index contributed by atoms with van der Waals surface area (Å²) in [6, 6.07) is 16.0. The fraction of sp³-hybridized carbons (Fsp3) is 0.304. The molecule has 0 fully saturated rings. The van der Waals surface area contributed by atoms with E-state index in [4.69, 9.17) is 15.6 Å². The van der Waals surface area contributed by atoms with Crippen LogP contribution in [0.25, 0.3) is 0 Å². The number of carboxylic acids is 1. The van der Waals surface area contributed by atoms with Crippen LogP contribution < -0.4 is 21.1 Å². The van der Waals surface area contributed by atoms with Crippen molar-refractivity contribution in [3.63, 3.8) is 0 Å². The molecule has 2 rings (SSSR count). The average molecular weight is 474 g/mol. The normalized spacial score (nSPS) is 12.3. The Kier molecular flexibility index (Phi) is 10.9. The lowest BCUT2D eigenvalue weighted by molar-refractivity contribution is -0.137. The van der Waals surface area contributed by atoms with E-state index in [1.807, 2.05) is 30.3 Å². The third kappa shape index (κ3) is 10.2. The molecule has 2 amide bonds. The Balaban J connectivity index is 1.92. The van der Waals surface area contributed by atoms with Crippen LogP contribution in [0.2, 0.25) is 0 Å². The molecule has 0 radical (unpaired) electrons. The number of nitrogens with one attached hydrogen (secondary N) is 2. The van der Waals surface area contributed by atoms with Gasteiger partial charge < -0.3 is 26.2 Å². The van der Waals surface area contributed by atoms with Crippen LogP contribution in [0.5, 0.6) is 5.75 Å². The summed E-state index contributed by atoms with van der Waals surface area (Å²) < 4.78 is 5.14. The maximum atomic E-state index is 12.7. The first-order valence-electron chi connectivity index (χ1n) is 10.3. The number of thioether (sulfide) groups is 1. The van der Waals surface area contributed by atoms with Gasteiger partial charge in [0.05, 0.1) is 6.04 Å². The lowest BCUT2D eigenvalue weighted by Crippen LogP contribution is -2.53. The summed E-state index contributed by atoms with van der Waals surface area (Å²) >= 11 is 1.42. The topological polar surface area (TPSA) is 148 Å². The minimum absolute atomic E-state index is 0.0595. The van der Waals surface area contributed by atoms with Crippen molar-refractivity contribution >= 4 is 35.5 Å². The third-order valence-corrected chi connectivity index (χ3v) is 5.52. The summed E-state index contributed by atoms with van der Waals surface area (Å²) in [5.41, 5.74) is 6.81. The van der Waals surface area contributed by atoms with Crippen molar-refractivity contribution in [2.75, 3.05) is 12.3 Å². The number of esters is 1. The second-order valence-corrected chi connectivity index (χ2v) is 8.14. The van der Waals surface area contributed by atoms with Crippen LogP contribution in [-0.2, 0) is 24.9 Å². The molecule has 2 atom stereocenters. The van der Waals surface area contributed by atoms with Gasteiger partial charge in [-0.3, -0.25) is 14.4 Å². The lowest BCUT2D eigenvalue weighted by atomic mass is 10.1. The molecule has 0 aliphatic rings. The molecule has 0 spiro atoms. The predicted molar refractivity (Wildman–Crippen MR) is 124 cm³/mol. The average Bonchev–Trinajstić information content (AvgIpc) is 2.81. The lowest BCUT2D eigenvalue weighted by Gasteiger charge is -2.20. The molecule has 0 aliphatic heterocycles. The second-order valence-electron chi connectivity index (χ2n) is 7.11. The van der Waals surface area contributed by atoms with Gasteiger partial charge in [0.2, 0.25) is 11.8 Å². The van der Waals surface area contributed by atoms with Crippen molar-refractivity contribution in [1.29, 1.82) is 0 Å². The summed E-state index contributed by atoms with van der Waals surface area (Å²) in [4.78, 5) is 47.8. The zero-order chi connectivity index (χ0) is 24.1. The van der Waals surface area contributed by atoms with Crippen LogP contribution >= 0.6 is 11.8 Å². The predicted octanol–water partition coefficient (Wildman–Crippen LogP) is 1.32. The Morgan fingerprint density at radius 2 is 1.61 bits per heavy atom. The molecule has 2 aromatic carbocycles. The van der Waals surface area contributed by atoms with Gasteiger partial charge >= 0.3 is 11.9 Å². The molecule has 33 heavy (non-hydrogen) atoms. The number of rotatable bonds is 13. The van der Waals surface area contributed by atoms with Crippen LogP contribution in [0, 0.1) is 0 Å². The highest BCUT2D eigenvalue weighted by Crippen LogP contribution is 2.13. The summed E-state index contributed by atoms with van der Waals surface area (Å²) in [5, 5.41) is 13.8. The number of carboxylic acid groups (broad SMARTS) is 1. The van der Waals surface area contributed by atoms with Crippen LogP contribution in [0.4, 0.5) is 0 Å². The standard InChI is InChI=1S/C23H27N3O6S/c24-18(11-12-20(27)28)22(30)26-19(15-33-14-16-7-3-1-4-8-16)23(31)25-13-21(29)32-17-9-5-2-6-10-17/h1-10,18-19H,11-15,24H2,(H,25,31)(H,26,30)(H,27,28)/t18-,19-/m0/s1. The number of amides is 2. The largest absolute Gasteiger partial charge is 0.481 e. The molecule has 0 heterocycles. The van der Waals surface area contributed by atoms with Crippen LogP contribution in [0.15, 0.2) is 60.7 Å². The molecule has 176 valence electrons. The van der Waals surface area contributed by atoms with Crippen molar-refractivity contribution < 1.29 is 29.0 Å². The van der Waals surface area contributed by atoms with E-state index >= 15 is 0 Å². The van der Waals surface area contributed by atoms with Crippen molar-refractivity contribution in [3.8, 4) is 5.75 Å². The minimum atomic E-state index is -1.07. The number of para-hydroxylation sites is 1. The van der Waals surface area contributed by atoms with Gasteiger partial charge in [-0.05, 0) is 24.1 Å². The van der Waals surface area contributed by atoms with E-state index in [0.29, 0.717) is 11.5 Å². The van der Waals surface area contributed by atoms with E-state index in [0.717, 1.165) is 5.56 Å². The Morgan fingerprint density at radius 1 is 0.970 bits per heavy atom. The van der Waals surface area contributed by atoms with Gasteiger partial charge in [0.25, 0.3) is 0 Å². The van der Waals surface area contributed by atoms with Gasteiger partial charge in [0, 0.05) is 17.9 Å². The molecule has 0 saturated carbocycles. The van der Waals surface area contributed by atoms with E-state index in [-0.39, 0.29) is 25.1 Å². The fourth-order valence-electron chi connectivity index (χ4n) is 2.68. The highest BCUT2D eigenvalue weighted by atomic mass is 32.2. The summed E-state index contributed by atoms with van der Waals surface area (Å²) in [7, 11) is 0. The van der Waals surface area contributed by atoms with Gasteiger partial charge in [0.1, 0.15) is 18.3 Å². The van der Waals surface area contributed by atoms with Gasteiger partial charge in [-0.1, -0.05) is 48.5 Å². The van der Waals surface area contributed by atoms with Crippen molar-refractivity contribution in [2.45, 2.75) is 30.7 Å². The molecule has 0 aliphatic carbocycles. The molecule has 0 bridgehead atoms. The molecule has 9 nitrogen and oxygen atoms in total. The number of carbonyl (C=O) groups excluding carboxylic acids is 3. The minimum Gasteiger partial charge on any atom is -0.481 e. The monoisotopic (exact) mass is 473 g/mol. The van der Waals surface area contributed by atoms with E-state index < -0.39 is 35.8 Å². The second kappa shape index (κ2) is 13.9.